The molecule has 0 saturated heterocycles. The standard InChI is InChI=1S/C22H21N3O2/c1-2-24(15-19-14-23-21-9-5-6-12-25(19)21)22(26)16-27-20-11-10-17-7-3-4-8-18(17)13-20/h3-14H,2,15-16H2,1H3. The van der Waals surface area contributed by atoms with Gasteiger partial charge in [0.1, 0.15) is 11.4 Å². The summed E-state index contributed by atoms with van der Waals surface area (Å²) in [6, 6.07) is 19.8. The molecule has 0 N–H and O–H groups in total. The smallest absolute Gasteiger partial charge is 0.260 e. The number of pyridine rings is 1. The fourth-order valence-electron chi connectivity index (χ4n) is 3.17. The number of carbonyl (C=O) groups excluding carboxylic acids is 1. The van der Waals surface area contributed by atoms with E-state index in [1.165, 1.54) is 0 Å². The zero-order valence-corrected chi connectivity index (χ0v) is 15.2. The number of aromatic nitrogens is 2. The van der Waals surface area contributed by atoms with Gasteiger partial charge in [-0.3, -0.25) is 4.79 Å². The molecule has 0 fully saturated rings. The van der Waals surface area contributed by atoms with Crippen molar-refractivity contribution in [3.05, 3.63) is 78.8 Å². The van der Waals surface area contributed by atoms with E-state index in [-0.39, 0.29) is 12.5 Å². The lowest BCUT2D eigenvalue weighted by Gasteiger charge is -2.21. The number of rotatable bonds is 6. The molecule has 0 aliphatic heterocycles. The molecule has 0 bridgehead atoms. The van der Waals surface area contributed by atoms with Crippen LogP contribution in [0.25, 0.3) is 16.4 Å². The minimum absolute atomic E-state index is 0.0168. The number of amides is 1. The average Bonchev–Trinajstić information content (AvgIpc) is 3.13. The fraction of sp³-hybridized carbons (Fsp3) is 0.182. The van der Waals surface area contributed by atoms with E-state index >= 15 is 0 Å². The minimum Gasteiger partial charge on any atom is -0.484 e. The first kappa shape index (κ1) is 17.1. The summed E-state index contributed by atoms with van der Waals surface area (Å²) < 4.78 is 7.75. The van der Waals surface area contributed by atoms with Crippen LogP contribution in [0.5, 0.6) is 5.75 Å². The van der Waals surface area contributed by atoms with Crippen LogP contribution >= 0.6 is 0 Å². The number of hydrogen-bond acceptors (Lipinski definition) is 3. The number of nitrogens with zero attached hydrogens (tertiary/aromatic N) is 3. The molecule has 0 aliphatic rings. The Morgan fingerprint density at radius 2 is 1.89 bits per heavy atom. The average molecular weight is 359 g/mol. The third-order valence-corrected chi connectivity index (χ3v) is 4.66. The maximum Gasteiger partial charge on any atom is 0.260 e. The van der Waals surface area contributed by atoms with Gasteiger partial charge in [-0.15, -0.1) is 0 Å². The maximum atomic E-state index is 12.6. The molecule has 0 unspecified atom stereocenters. The molecule has 1 amide bonds. The van der Waals surface area contributed by atoms with Crippen molar-refractivity contribution < 1.29 is 9.53 Å². The lowest BCUT2D eigenvalue weighted by atomic mass is 10.1. The largest absolute Gasteiger partial charge is 0.484 e. The molecule has 136 valence electrons. The van der Waals surface area contributed by atoms with E-state index in [0.717, 1.165) is 22.1 Å². The summed E-state index contributed by atoms with van der Waals surface area (Å²) in [7, 11) is 0. The van der Waals surface area contributed by atoms with Crippen LogP contribution in [-0.4, -0.2) is 33.3 Å². The van der Waals surface area contributed by atoms with Crippen LogP contribution in [-0.2, 0) is 11.3 Å². The van der Waals surface area contributed by atoms with Crippen molar-refractivity contribution in [3.63, 3.8) is 0 Å². The third-order valence-electron chi connectivity index (χ3n) is 4.66. The van der Waals surface area contributed by atoms with Gasteiger partial charge in [0.25, 0.3) is 5.91 Å². The number of imidazole rings is 1. The monoisotopic (exact) mass is 359 g/mol. The Hall–Kier alpha value is -3.34. The van der Waals surface area contributed by atoms with Gasteiger partial charge in [-0.05, 0) is 42.0 Å². The predicted molar refractivity (Wildman–Crippen MR) is 106 cm³/mol. The van der Waals surface area contributed by atoms with Gasteiger partial charge in [0.15, 0.2) is 6.61 Å². The first-order chi connectivity index (χ1) is 13.2. The molecule has 0 atom stereocenters. The minimum atomic E-state index is -0.0449. The van der Waals surface area contributed by atoms with Gasteiger partial charge in [0.2, 0.25) is 0 Å². The second-order valence-electron chi connectivity index (χ2n) is 6.38. The van der Waals surface area contributed by atoms with E-state index < -0.39 is 0 Å². The summed E-state index contributed by atoms with van der Waals surface area (Å²) in [5.41, 5.74) is 1.86. The topological polar surface area (TPSA) is 46.8 Å². The lowest BCUT2D eigenvalue weighted by Crippen LogP contribution is -2.34. The Kier molecular flexibility index (Phi) is 4.75. The Morgan fingerprint density at radius 1 is 1.07 bits per heavy atom. The van der Waals surface area contributed by atoms with Crippen LogP contribution in [0.4, 0.5) is 0 Å². The van der Waals surface area contributed by atoms with Crippen LogP contribution in [0.2, 0.25) is 0 Å². The van der Waals surface area contributed by atoms with Gasteiger partial charge in [-0.25, -0.2) is 4.98 Å². The summed E-state index contributed by atoms with van der Waals surface area (Å²) in [5.74, 6) is 0.657. The molecule has 0 aliphatic carbocycles. The van der Waals surface area contributed by atoms with E-state index in [1.54, 1.807) is 4.90 Å². The Balaban J connectivity index is 1.43. The number of ether oxygens (including phenoxy) is 1. The summed E-state index contributed by atoms with van der Waals surface area (Å²) in [5, 5.41) is 2.25. The zero-order valence-electron chi connectivity index (χ0n) is 15.2. The molecule has 2 heterocycles. The van der Waals surface area contributed by atoms with Crippen molar-refractivity contribution in [1.29, 1.82) is 0 Å². The van der Waals surface area contributed by atoms with Gasteiger partial charge < -0.3 is 14.0 Å². The summed E-state index contributed by atoms with van der Waals surface area (Å²) in [6.45, 7) is 3.10. The maximum absolute atomic E-state index is 12.6. The van der Waals surface area contributed by atoms with Crippen molar-refractivity contribution in [1.82, 2.24) is 14.3 Å². The van der Waals surface area contributed by atoms with E-state index in [2.05, 4.69) is 11.1 Å². The highest BCUT2D eigenvalue weighted by Crippen LogP contribution is 2.20. The van der Waals surface area contributed by atoms with E-state index in [1.807, 2.05) is 78.3 Å². The van der Waals surface area contributed by atoms with Gasteiger partial charge in [0, 0.05) is 12.7 Å². The molecule has 2 aromatic heterocycles. The molecule has 5 nitrogen and oxygen atoms in total. The first-order valence-corrected chi connectivity index (χ1v) is 9.05. The SMILES string of the molecule is CCN(Cc1cnc2ccccn12)C(=O)COc1ccc2ccccc2c1. The Morgan fingerprint density at radius 3 is 2.74 bits per heavy atom. The summed E-state index contributed by atoms with van der Waals surface area (Å²) in [4.78, 5) is 18.8. The van der Waals surface area contributed by atoms with E-state index in [4.69, 9.17) is 4.74 Å². The molecule has 5 heteroatoms. The quantitative estimate of drug-likeness (QED) is 0.524. The first-order valence-electron chi connectivity index (χ1n) is 9.05. The van der Waals surface area contributed by atoms with Crippen molar-refractivity contribution in [2.24, 2.45) is 0 Å². The number of carbonyl (C=O) groups is 1. The Bertz CT molecular complexity index is 1090. The molecular weight excluding hydrogens is 338 g/mol. The second kappa shape index (κ2) is 7.50. The highest BCUT2D eigenvalue weighted by Gasteiger charge is 2.15. The summed E-state index contributed by atoms with van der Waals surface area (Å²) in [6.07, 6.45) is 3.77. The van der Waals surface area contributed by atoms with Gasteiger partial charge in [0.05, 0.1) is 18.4 Å². The summed E-state index contributed by atoms with van der Waals surface area (Å²) >= 11 is 0. The third kappa shape index (κ3) is 3.62. The Labute approximate surface area is 157 Å². The molecule has 2 aromatic carbocycles. The van der Waals surface area contributed by atoms with Crippen LogP contribution in [0.15, 0.2) is 73.1 Å². The van der Waals surface area contributed by atoms with Gasteiger partial charge in [-0.1, -0.05) is 36.4 Å². The number of likely N-dealkylation sites (N-methyl/N-ethyl adjacent to an activating group) is 1. The van der Waals surface area contributed by atoms with Crippen LogP contribution < -0.4 is 4.74 Å². The van der Waals surface area contributed by atoms with E-state index in [9.17, 15) is 4.79 Å². The predicted octanol–water partition coefficient (Wildman–Crippen LogP) is 3.92. The van der Waals surface area contributed by atoms with Crippen LogP contribution in [0.3, 0.4) is 0 Å². The molecule has 27 heavy (non-hydrogen) atoms. The van der Waals surface area contributed by atoms with Crippen molar-refractivity contribution in [2.75, 3.05) is 13.2 Å². The van der Waals surface area contributed by atoms with Gasteiger partial charge >= 0.3 is 0 Å². The highest BCUT2D eigenvalue weighted by atomic mass is 16.5. The molecule has 4 rings (SSSR count). The van der Waals surface area contributed by atoms with Crippen molar-refractivity contribution in [3.8, 4) is 5.75 Å². The van der Waals surface area contributed by atoms with E-state index in [0.29, 0.717) is 18.8 Å². The zero-order chi connectivity index (χ0) is 18.6. The number of fused-ring (bicyclic) bond motifs is 2. The highest BCUT2D eigenvalue weighted by molar-refractivity contribution is 5.84. The molecule has 0 saturated carbocycles. The van der Waals surface area contributed by atoms with Crippen molar-refractivity contribution >= 4 is 22.3 Å². The lowest BCUT2D eigenvalue weighted by molar-refractivity contribution is -0.133. The molecule has 0 radical (unpaired) electrons. The normalized spacial score (nSPS) is 11.0. The van der Waals surface area contributed by atoms with Crippen molar-refractivity contribution in [2.45, 2.75) is 13.5 Å². The van der Waals surface area contributed by atoms with Crippen LogP contribution in [0.1, 0.15) is 12.6 Å². The number of benzene rings is 2. The van der Waals surface area contributed by atoms with Crippen LogP contribution in [0, 0.1) is 0 Å². The molecule has 0 spiro atoms. The number of hydrogen-bond donors (Lipinski definition) is 0. The molecular formula is C22H21N3O2. The second-order valence-corrected chi connectivity index (χ2v) is 6.38. The molecule has 4 aromatic rings. The van der Waals surface area contributed by atoms with Gasteiger partial charge in [-0.2, -0.15) is 0 Å². The fourth-order valence-corrected chi connectivity index (χ4v) is 3.17.